The fraction of sp³-hybridized carbons (Fsp3) is 0.353. The SMILES string of the molecule is CS(=O)(=O)N1CCC[C@@H]1CNC(=O)c1cc(S(=O)(=O)Nc2ccccc2F)c[nH]1. The van der Waals surface area contributed by atoms with E-state index in [1.807, 2.05) is 0 Å². The number of carbonyl (C=O) groups excluding carboxylic acids is 1. The molecule has 0 radical (unpaired) electrons. The van der Waals surface area contributed by atoms with Gasteiger partial charge in [0.05, 0.1) is 11.9 Å². The van der Waals surface area contributed by atoms with Crippen LogP contribution >= 0.6 is 0 Å². The van der Waals surface area contributed by atoms with Gasteiger partial charge in [0.2, 0.25) is 10.0 Å². The Bertz CT molecular complexity index is 1110. The van der Waals surface area contributed by atoms with Crippen LogP contribution in [0.25, 0.3) is 0 Å². The zero-order chi connectivity index (χ0) is 21.2. The Hall–Kier alpha value is -2.44. The van der Waals surface area contributed by atoms with Crippen molar-refractivity contribution in [3.8, 4) is 0 Å². The van der Waals surface area contributed by atoms with E-state index in [-0.39, 0.29) is 28.9 Å². The number of amides is 1. The van der Waals surface area contributed by atoms with Gasteiger partial charge in [-0.15, -0.1) is 0 Å². The zero-order valence-electron chi connectivity index (χ0n) is 15.6. The summed E-state index contributed by atoms with van der Waals surface area (Å²) in [6.45, 7) is 0.520. The monoisotopic (exact) mass is 444 g/mol. The molecule has 0 saturated carbocycles. The van der Waals surface area contributed by atoms with Crippen molar-refractivity contribution in [2.45, 2.75) is 23.8 Å². The van der Waals surface area contributed by atoms with E-state index in [2.05, 4.69) is 15.0 Å². The maximum Gasteiger partial charge on any atom is 0.267 e. The molecule has 1 amide bonds. The Labute approximate surface area is 168 Å². The van der Waals surface area contributed by atoms with Crippen molar-refractivity contribution in [1.29, 1.82) is 0 Å². The normalized spacial score (nSPS) is 17.9. The smallest absolute Gasteiger partial charge is 0.267 e. The molecule has 2 aromatic rings. The lowest BCUT2D eigenvalue weighted by Crippen LogP contribution is -2.42. The first-order chi connectivity index (χ1) is 13.6. The number of halogens is 1. The van der Waals surface area contributed by atoms with Gasteiger partial charge in [-0.25, -0.2) is 21.2 Å². The Balaban J connectivity index is 1.66. The molecule has 0 bridgehead atoms. The molecule has 3 rings (SSSR count). The number of hydrogen-bond acceptors (Lipinski definition) is 5. The fourth-order valence-corrected chi connectivity index (χ4v) is 5.41. The number of aromatic nitrogens is 1. The van der Waals surface area contributed by atoms with Crippen molar-refractivity contribution in [2.24, 2.45) is 0 Å². The molecule has 29 heavy (non-hydrogen) atoms. The number of H-pyrrole nitrogens is 1. The molecule has 1 aliphatic rings. The van der Waals surface area contributed by atoms with Crippen LogP contribution in [0, 0.1) is 5.82 Å². The van der Waals surface area contributed by atoms with E-state index < -0.39 is 31.8 Å². The highest BCUT2D eigenvalue weighted by molar-refractivity contribution is 7.92. The molecular weight excluding hydrogens is 423 g/mol. The van der Waals surface area contributed by atoms with Gasteiger partial charge in [0.15, 0.2) is 0 Å². The summed E-state index contributed by atoms with van der Waals surface area (Å²) >= 11 is 0. The highest BCUT2D eigenvalue weighted by atomic mass is 32.2. The van der Waals surface area contributed by atoms with Crippen molar-refractivity contribution >= 4 is 31.6 Å². The van der Waals surface area contributed by atoms with Gasteiger partial charge >= 0.3 is 0 Å². The number of aromatic amines is 1. The molecule has 1 fully saturated rings. The van der Waals surface area contributed by atoms with E-state index in [9.17, 15) is 26.0 Å². The molecule has 3 N–H and O–H groups in total. The highest BCUT2D eigenvalue weighted by Crippen LogP contribution is 2.21. The third kappa shape index (κ3) is 4.95. The minimum atomic E-state index is -4.10. The Morgan fingerprint density at radius 3 is 2.69 bits per heavy atom. The van der Waals surface area contributed by atoms with E-state index in [0.29, 0.717) is 19.4 Å². The number of carbonyl (C=O) groups is 1. The van der Waals surface area contributed by atoms with E-state index >= 15 is 0 Å². The Morgan fingerprint density at radius 2 is 2.00 bits per heavy atom. The lowest BCUT2D eigenvalue weighted by atomic mass is 10.2. The van der Waals surface area contributed by atoms with Crippen LogP contribution in [0.15, 0.2) is 41.4 Å². The number of para-hydroxylation sites is 1. The average molecular weight is 445 g/mol. The van der Waals surface area contributed by atoms with Crippen LogP contribution in [0.1, 0.15) is 23.3 Å². The number of nitrogens with zero attached hydrogens (tertiary/aromatic N) is 1. The van der Waals surface area contributed by atoms with Crippen LogP contribution in [0.2, 0.25) is 0 Å². The van der Waals surface area contributed by atoms with Crippen molar-refractivity contribution in [1.82, 2.24) is 14.6 Å². The molecule has 1 aliphatic heterocycles. The van der Waals surface area contributed by atoms with Gasteiger partial charge < -0.3 is 10.3 Å². The second-order valence-corrected chi connectivity index (χ2v) is 10.3. The van der Waals surface area contributed by atoms with Gasteiger partial charge in [0.1, 0.15) is 16.4 Å². The van der Waals surface area contributed by atoms with Gasteiger partial charge in [-0.2, -0.15) is 4.31 Å². The van der Waals surface area contributed by atoms with Crippen LogP contribution in [0.3, 0.4) is 0 Å². The molecule has 2 heterocycles. The maximum atomic E-state index is 13.7. The molecule has 12 heteroatoms. The van der Waals surface area contributed by atoms with Gasteiger partial charge in [-0.3, -0.25) is 9.52 Å². The molecule has 0 aliphatic carbocycles. The largest absolute Gasteiger partial charge is 0.356 e. The summed E-state index contributed by atoms with van der Waals surface area (Å²) in [5, 5.41) is 2.62. The molecule has 0 spiro atoms. The van der Waals surface area contributed by atoms with Crippen LogP contribution in [0.4, 0.5) is 10.1 Å². The maximum absolute atomic E-state index is 13.7. The molecule has 0 unspecified atom stereocenters. The summed E-state index contributed by atoms with van der Waals surface area (Å²) in [7, 11) is -7.45. The number of nitrogens with one attached hydrogen (secondary N) is 3. The lowest BCUT2D eigenvalue weighted by molar-refractivity contribution is 0.0942. The molecular formula is C17H21FN4O5S2. The second-order valence-electron chi connectivity index (χ2n) is 6.71. The first kappa shape index (κ1) is 21.3. The van der Waals surface area contributed by atoms with Gasteiger partial charge in [0, 0.05) is 25.3 Å². The van der Waals surface area contributed by atoms with Gasteiger partial charge in [-0.05, 0) is 31.0 Å². The summed E-state index contributed by atoms with van der Waals surface area (Å²) in [6, 6.07) is 6.11. The number of sulfonamides is 2. The number of hydrogen-bond donors (Lipinski definition) is 3. The van der Waals surface area contributed by atoms with Gasteiger partial charge in [-0.1, -0.05) is 12.1 Å². The summed E-state index contributed by atoms with van der Waals surface area (Å²) in [6.07, 6.45) is 3.58. The Morgan fingerprint density at radius 1 is 1.28 bits per heavy atom. The van der Waals surface area contributed by atoms with E-state index in [4.69, 9.17) is 0 Å². The second kappa shape index (κ2) is 8.13. The van der Waals surface area contributed by atoms with Crippen molar-refractivity contribution < 1.29 is 26.0 Å². The summed E-state index contributed by atoms with van der Waals surface area (Å²) < 4.78 is 65.5. The van der Waals surface area contributed by atoms with E-state index in [1.54, 1.807) is 0 Å². The third-order valence-electron chi connectivity index (χ3n) is 4.58. The minimum Gasteiger partial charge on any atom is -0.356 e. The standard InChI is InChI=1S/C17H21FN4O5S2/c1-28(24,25)22-8-4-5-12(22)10-20-17(23)16-9-13(11-19-16)29(26,27)21-15-7-3-2-6-14(15)18/h2-3,6-7,9,11-12,19,21H,4-5,8,10H2,1H3,(H,20,23)/t12-/m1/s1. The third-order valence-corrected chi connectivity index (χ3v) is 7.25. The first-order valence-electron chi connectivity index (χ1n) is 8.79. The van der Waals surface area contributed by atoms with Crippen LogP contribution in [0.5, 0.6) is 0 Å². The zero-order valence-corrected chi connectivity index (χ0v) is 17.2. The molecule has 1 aromatic carbocycles. The van der Waals surface area contributed by atoms with Crippen LogP contribution < -0.4 is 10.0 Å². The molecule has 1 aromatic heterocycles. The molecule has 1 saturated heterocycles. The lowest BCUT2D eigenvalue weighted by Gasteiger charge is -2.22. The highest BCUT2D eigenvalue weighted by Gasteiger charge is 2.31. The molecule has 1 atom stereocenters. The number of benzene rings is 1. The Kier molecular flexibility index (Phi) is 5.96. The van der Waals surface area contributed by atoms with E-state index in [1.165, 1.54) is 22.5 Å². The van der Waals surface area contributed by atoms with Crippen LogP contribution in [-0.4, -0.2) is 57.4 Å². The van der Waals surface area contributed by atoms with Crippen molar-refractivity contribution in [3.63, 3.8) is 0 Å². The molecule has 158 valence electrons. The van der Waals surface area contributed by atoms with Crippen molar-refractivity contribution in [2.75, 3.05) is 24.1 Å². The predicted octanol–water partition coefficient (Wildman–Crippen LogP) is 1.11. The van der Waals surface area contributed by atoms with Crippen molar-refractivity contribution in [3.05, 3.63) is 48.0 Å². The van der Waals surface area contributed by atoms with E-state index in [0.717, 1.165) is 24.6 Å². The summed E-state index contributed by atoms with van der Waals surface area (Å²) in [5.41, 5.74) is -0.218. The first-order valence-corrected chi connectivity index (χ1v) is 12.1. The quantitative estimate of drug-likeness (QED) is 0.589. The van der Waals surface area contributed by atoms with Crippen LogP contribution in [-0.2, 0) is 20.0 Å². The summed E-state index contributed by atoms with van der Waals surface area (Å²) in [5.74, 6) is -1.30. The number of anilines is 1. The topological polar surface area (TPSA) is 128 Å². The summed E-state index contributed by atoms with van der Waals surface area (Å²) in [4.78, 5) is 14.7. The van der Waals surface area contributed by atoms with Gasteiger partial charge in [0.25, 0.3) is 15.9 Å². The molecule has 9 nitrogen and oxygen atoms in total. The average Bonchev–Trinajstić information content (AvgIpc) is 3.31. The number of rotatable bonds is 7. The predicted molar refractivity (Wildman–Crippen MR) is 105 cm³/mol. The minimum absolute atomic E-state index is 0.0113. The fourth-order valence-electron chi connectivity index (χ4n) is 3.16.